The van der Waals surface area contributed by atoms with Crippen LogP contribution in [0.15, 0.2) is 46.3 Å². The lowest BCUT2D eigenvalue weighted by Crippen LogP contribution is -2.33. The quantitative estimate of drug-likeness (QED) is 0.259. The Hall–Kier alpha value is -1.24. The van der Waals surface area contributed by atoms with E-state index < -0.39 is 0 Å². The first-order valence-electron chi connectivity index (χ1n) is 13.7. The summed E-state index contributed by atoms with van der Waals surface area (Å²) in [6, 6.07) is 0. The van der Waals surface area contributed by atoms with Crippen molar-refractivity contribution in [1.29, 1.82) is 0 Å². The van der Waals surface area contributed by atoms with Crippen LogP contribution in [0.1, 0.15) is 128 Å². The average Bonchev–Trinajstić information content (AvgIpc) is 3.03. The molecular formula is C31H55N. The van der Waals surface area contributed by atoms with Crippen LogP contribution in [0.2, 0.25) is 0 Å². The van der Waals surface area contributed by atoms with Gasteiger partial charge in [-0.3, -0.25) is 0 Å². The molecule has 0 aromatic rings. The molecule has 0 aromatic carbocycles. The maximum atomic E-state index is 2.61. The lowest BCUT2D eigenvalue weighted by Gasteiger charge is -2.42. The molecule has 1 unspecified atom stereocenters. The Labute approximate surface area is 202 Å². The summed E-state index contributed by atoms with van der Waals surface area (Å²) in [5.41, 5.74) is 8.50. The standard InChI is InChI=1S/C31H55N/c1-12-19-20-31(11,17-6)23-30(9,10)29(32(18-7)21-13-2)22-28-24(8)25(14-3)26(15-4)27(28)16-5/h13,21-22,24H,12,14-20,23H2,1-11H3/b21-13-,29-22+/t24-,31?/m1/s1. The van der Waals surface area contributed by atoms with E-state index in [-0.39, 0.29) is 5.41 Å². The van der Waals surface area contributed by atoms with Crippen LogP contribution in [0.4, 0.5) is 0 Å². The molecule has 0 radical (unpaired) electrons. The first-order chi connectivity index (χ1) is 15.1. The molecule has 0 aliphatic heterocycles. The highest BCUT2D eigenvalue weighted by molar-refractivity contribution is 5.54. The molecule has 0 saturated heterocycles. The normalized spacial score (nSPS) is 20.0. The van der Waals surface area contributed by atoms with Crippen LogP contribution in [0.3, 0.4) is 0 Å². The zero-order valence-electron chi connectivity index (χ0n) is 23.6. The molecule has 0 N–H and O–H groups in total. The third-order valence-electron chi connectivity index (χ3n) is 8.00. The number of hydrogen-bond donors (Lipinski definition) is 0. The van der Waals surface area contributed by atoms with Gasteiger partial charge in [0.25, 0.3) is 0 Å². The largest absolute Gasteiger partial charge is 0.351 e. The van der Waals surface area contributed by atoms with Crippen molar-refractivity contribution in [1.82, 2.24) is 4.90 Å². The molecule has 32 heavy (non-hydrogen) atoms. The monoisotopic (exact) mass is 441 g/mol. The Morgan fingerprint density at radius 3 is 2.00 bits per heavy atom. The van der Waals surface area contributed by atoms with Crippen LogP contribution >= 0.6 is 0 Å². The summed E-state index contributed by atoms with van der Waals surface area (Å²) >= 11 is 0. The van der Waals surface area contributed by atoms with Gasteiger partial charge in [0.05, 0.1) is 0 Å². The Morgan fingerprint density at radius 2 is 1.56 bits per heavy atom. The van der Waals surface area contributed by atoms with E-state index in [0.29, 0.717) is 11.3 Å². The average molecular weight is 442 g/mol. The summed E-state index contributed by atoms with van der Waals surface area (Å²) in [4.78, 5) is 2.51. The number of rotatable bonds is 14. The van der Waals surface area contributed by atoms with Crippen LogP contribution < -0.4 is 0 Å². The van der Waals surface area contributed by atoms with Gasteiger partial charge in [-0.15, -0.1) is 0 Å². The summed E-state index contributed by atoms with van der Waals surface area (Å²) in [5.74, 6) is 0.540. The minimum absolute atomic E-state index is 0.112. The highest BCUT2D eigenvalue weighted by Crippen LogP contribution is 2.48. The van der Waals surface area contributed by atoms with E-state index in [9.17, 15) is 0 Å². The van der Waals surface area contributed by atoms with Crippen molar-refractivity contribution in [3.63, 3.8) is 0 Å². The highest BCUT2D eigenvalue weighted by atomic mass is 15.1. The van der Waals surface area contributed by atoms with Gasteiger partial charge >= 0.3 is 0 Å². The molecular weight excluding hydrogens is 386 g/mol. The van der Waals surface area contributed by atoms with Crippen LogP contribution in [0.5, 0.6) is 0 Å². The number of nitrogens with zero attached hydrogens (tertiary/aromatic N) is 1. The van der Waals surface area contributed by atoms with E-state index in [1.54, 1.807) is 22.3 Å². The van der Waals surface area contributed by atoms with Crippen LogP contribution in [0.25, 0.3) is 0 Å². The molecule has 2 atom stereocenters. The van der Waals surface area contributed by atoms with Gasteiger partial charge in [0.15, 0.2) is 0 Å². The van der Waals surface area contributed by atoms with Crippen molar-refractivity contribution in [3.05, 3.63) is 46.3 Å². The third-order valence-corrected chi connectivity index (χ3v) is 8.00. The van der Waals surface area contributed by atoms with Crippen molar-refractivity contribution < 1.29 is 0 Å². The molecule has 1 aliphatic carbocycles. The molecule has 0 aromatic heterocycles. The molecule has 0 amide bonds. The van der Waals surface area contributed by atoms with Crippen molar-refractivity contribution in [2.24, 2.45) is 16.7 Å². The van der Waals surface area contributed by atoms with Crippen molar-refractivity contribution >= 4 is 0 Å². The molecule has 1 rings (SSSR count). The Kier molecular flexibility index (Phi) is 11.6. The fraction of sp³-hybridized carbons (Fsp3) is 0.742. The molecule has 0 fully saturated rings. The van der Waals surface area contributed by atoms with E-state index >= 15 is 0 Å². The predicted octanol–water partition coefficient (Wildman–Crippen LogP) is 10.2. The van der Waals surface area contributed by atoms with E-state index in [4.69, 9.17) is 0 Å². The zero-order valence-corrected chi connectivity index (χ0v) is 23.6. The third kappa shape index (κ3) is 6.64. The lowest BCUT2D eigenvalue weighted by atomic mass is 9.68. The molecule has 1 aliphatic rings. The molecule has 1 nitrogen and oxygen atoms in total. The molecule has 184 valence electrons. The SMILES string of the molecule is C/C=C\N(CC)/C(=C/C1=C(CC)C(CC)=C(CC)[C@H]1C)C(C)(C)CC(C)(CC)CCCC. The minimum Gasteiger partial charge on any atom is -0.351 e. The Morgan fingerprint density at radius 1 is 0.938 bits per heavy atom. The predicted molar refractivity (Wildman–Crippen MR) is 146 cm³/mol. The van der Waals surface area contributed by atoms with Crippen molar-refractivity contribution in [3.8, 4) is 0 Å². The smallest absolute Gasteiger partial charge is 0.0233 e. The van der Waals surface area contributed by atoms with Gasteiger partial charge in [0, 0.05) is 23.6 Å². The number of unbranched alkanes of at least 4 members (excludes halogenated alkanes) is 1. The van der Waals surface area contributed by atoms with Gasteiger partial charge in [-0.2, -0.15) is 0 Å². The number of allylic oxidation sites excluding steroid dienone is 7. The summed E-state index contributed by atoms with van der Waals surface area (Å²) < 4.78 is 0. The highest BCUT2D eigenvalue weighted by Gasteiger charge is 2.36. The molecule has 1 heteroatoms. The Bertz CT molecular complexity index is 715. The number of hydrogen-bond acceptors (Lipinski definition) is 1. The zero-order chi connectivity index (χ0) is 24.5. The second kappa shape index (κ2) is 12.9. The van der Waals surface area contributed by atoms with Gasteiger partial charge < -0.3 is 4.90 Å². The van der Waals surface area contributed by atoms with E-state index in [1.165, 1.54) is 44.2 Å². The minimum atomic E-state index is 0.112. The maximum absolute atomic E-state index is 2.61. The van der Waals surface area contributed by atoms with Crippen molar-refractivity contribution in [2.75, 3.05) is 6.54 Å². The fourth-order valence-electron chi connectivity index (χ4n) is 6.17. The van der Waals surface area contributed by atoms with Crippen LogP contribution in [0, 0.1) is 16.7 Å². The van der Waals surface area contributed by atoms with E-state index in [1.807, 2.05) is 0 Å². The molecule has 0 saturated carbocycles. The van der Waals surface area contributed by atoms with Crippen LogP contribution in [-0.4, -0.2) is 11.4 Å². The summed E-state index contributed by atoms with van der Waals surface area (Å²) in [7, 11) is 0. The first-order valence-corrected chi connectivity index (χ1v) is 13.7. The Balaban J connectivity index is 3.62. The topological polar surface area (TPSA) is 3.24 Å². The molecule has 0 bridgehead atoms. The van der Waals surface area contributed by atoms with Gasteiger partial charge in [0.1, 0.15) is 0 Å². The first kappa shape index (κ1) is 28.8. The molecule has 0 heterocycles. The fourth-order valence-corrected chi connectivity index (χ4v) is 6.17. The van der Waals surface area contributed by atoms with Gasteiger partial charge in [-0.25, -0.2) is 0 Å². The van der Waals surface area contributed by atoms with Gasteiger partial charge in [-0.1, -0.05) is 93.2 Å². The molecule has 0 spiro atoms. The van der Waals surface area contributed by atoms with Gasteiger partial charge in [-0.05, 0) is 80.4 Å². The van der Waals surface area contributed by atoms with Gasteiger partial charge in [0.2, 0.25) is 0 Å². The second-order valence-electron chi connectivity index (χ2n) is 10.8. The van der Waals surface area contributed by atoms with Crippen molar-refractivity contribution in [2.45, 2.75) is 128 Å². The van der Waals surface area contributed by atoms with E-state index in [2.05, 4.69) is 99.4 Å². The summed E-state index contributed by atoms with van der Waals surface area (Å²) in [5, 5.41) is 0. The summed E-state index contributed by atoms with van der Waals surface area (Å²) in [6.07, 6.45) is 17.0. The van der Waals surface area contributed by atoms with E-state index in [0.717, 1.165) is 19.4 Å². The van der Waals surface area contributed by atoms with Crippen LogP contribution in [-0.2, 0) is 0 Å². The second-order valence-corrected chi connectivity index (χ2v) is 10.8. The lowest BCUT2D eigenvalue weighted by molar-refractivity contribution is 0.157. The summed E-state index contributed by atoms with van der Waals surface area (Å²) in [6.45, 7) is 27.1. The maximum Gasteiger partial charge on any atom is 0.0233 e.